The molecule has 0 unspecified atom stereocenters. The second kappa shape index (κ2) is 8.11. The van der Waals surface area contributed by atoms with Gasteiger partial charge in [-0.2, -0.15) is 0 Å². The molecule has 110 valence electrons. The molecular formula is C17H19ClN2S. The minimum atomic E-state index is 0.129. The maximum absolute atomic E-state index is 6.05. The van der Waals surface area contributed by atoms with Crippen LogP contribution in [0.3, 0.4) is 0 Å². The van der Waals surface area contributed by atoms with Crippen molar-refractivity contribution in [1.82, 2.24) is 0 Å². The van der Waals surface area contributed by atoms with Crippen LogP contribution in [0.15, 0.2) is 59.6 Å². The fraction of sp³-hybridized carbons (Fsp3) is 0.235. The number of rotatable bonds is 5. The van der Waals surface area contributed by atoms with Gasteiger partial charge in [0.05, 0.1) is 5.25 Å². The number of thioether (sulfide) groups is 1. The molecule has 2 aromatic rings. The molecule has 2 rings (SSSR count). The highest BCUT2D eigenvalue weighted by Crippen LogP contribution is 2.36. The van der Waals surface area contributed by atoms with Crippen LogP contribution in [0.1, 0.15) is 29.7 Å². The minimum absolute atomic E-state index is 0.129. The van der Waals surface area contributed by atoms with Gasteiger partial charge < -0.3 is 5.73 Å². The molecule has 0 aliphatic heterocycles. The lowest BCUT2D eigenvalue weighted by Gasteiger charge is -2.17. The fourth-order valence-electron chi connectivity index (χ4n) is 1.97. The van der Waals surface area contributed by atoms with E-state index in [9.17, 15) is 0 Å². The van der Waals surface area contributed by atoms with Crippen molar-refractivity contribution in [1.29, 1.82) is 0 Å². The number of halogens is 1. The van der Waals surface area contributed by atoms with Crippen LogP contribution < -0.4 is 5.73 Å². The van der Waals surface area contributed by atoms with E-state index in [4.69, 9.17) is 17.3 Å². The molecule has 0 fully saturated rings. The van der Waals surface area contributed by atoms with Crippen LogP contribution in [-0.2, 0) is 0 Å². The smallest absolute Gasteiger partial charge is 0.154 e. The molecule has 0 saturated carbocycles. The van der Waals surface area contributed by atoms with Crippen molar-refractivity contribution in [3.05, 3.63) is 70.7 Å². The molecular weight excluding hydrogens is 300 g/mol. The first-order chi connectivity index (χ1) is 10.2. The molecule has 2 nitrogen and oxygen atoms in total. The topological polar surface area (TPSA) is 38.4 Å². The molecule has 21 heavy (non-hydrogen) atoms. The summed E-state index contributed by atoms with van der Waals surface area (Å²) in [6.07, 6.45) is 0.998. The summed E-state index contributed by atoms with van der Waals surface area (Å²) in [6, 6.07) is 18.2. The van der Waals surface area contributed by atoms with Crippen molar-refractivity contribution in [2.75, 3.05) is 6.54 Å². The molecule has 0 aliphatic rings. The summed E-state index contributed by atoms with van der Waals surface area (Å²) in [6.45, 7) is 2.86. The van der Waals surface area contributed by atoms with Crippen LogP contribution in [0.25, 0.3) is 0 Å². The van der Waals surface area contributed by atoms with Crippen molar-refractivity contribution in [3.8, 4) is 0 Å². The predicted molar refractivity (Wildman–Crippen MR) is 94.1 cm³/mol. The second-order valence-electron chi connectivity index (χ2n) is 4.68. The van der Waals surface area contributed by atoms with Gasteiger partial charge >= 0.3 is 0 Å². The summed E-state index contributed by atoms with van der Waals surface area (Å²) in [5.74, 6) is 0. The van der Waals surface area contributed by atoms with Crippen LogP contribution in [0, 0.1) is 0 Å². The first-order valence-corrected chi connectivity index (χ1v) is 8.23. The van der Waals surface area contributed by atoms with Crippen molar-refractivity contribution >= 4 is 28.5 Å². The van der Waals surface area contributed by atoms with Gasteiger partial charge in [0, 0.05) is 11.6 Å². The van der Waals surface area contributed by atoms with Crippen LogP contribution >= 0.6 is 23.4 Å². The molecule has 0 saturated heterocycles. The van der Waals surface area contributed by atoms with Crippen molar-refractivity contribution in [3.63, 3.8) is 0 Å². The van der Waals surface area contributed by atoms with E-state index in [1.54, 1.807) is 11.8 Å². The maximum Gasteiger partial charge on any atom is 0.154 e. The second-order valence-corrected chi connectivity index (χ2v) is 6.24. The highest BCUT2D eigenvalue weighted by molar-refractivity contribution is 8.14. The first-order valence-electron chi connectivity index (χ1n) is 6.97. The van der Waals surface area contributed by atoms with Crippen LogP contribution in [0.2, 0.25) is 5.02 Å². The van der Waals surface area contributed by atoms with Gasteiger partial charge in [0.2, 0.25) is 0 Å². The Balaban J connectivity index is 2.29. The number of aliphatic imine (C=N–C) groups is 1. The third-order valence-corrected chi connectivity index (χ3v) is 4.41. The average molecular weight is 319 g/mol. The van der Waals surface area contributed by atoms with E-state index < -0.39 is 0 Å². The highest BCUT2D eigenvalue weighted by atomic mass is 35.5. The van der Waals surface area contributed by atoms with E-state index >= 15 is 0 Å². The Kier molecular flexibility index (Phi) is 6.15. The van der Waals surface area contributed by atoms with E-state index in [1.165, 1.54) is 11.1 Å². The van der Waals surface area contributed by atoms with Gasteiger partial charge in [-0.25, -0.2) is 0 Å². The van der Waals surface area contributed by atoms with E-state index in [0.29, 0.717) is 5.17 Å². The van der Waals surface area contributed by atoms with E-state index in [1.807, 2.05) is 42.5 Å². The summed E-state index contributed by atoms with van der Waals surface area (Å²) in [5.41, 5.74) is 8.43. The number of benzene rings is 2. The van der Waals surface area contributed by atoms with Gasteiger partial charge in [-0.05, 0) is 29.7 Å². The predicted octanol–water partition coefficient (Wildman–Crippen LogP) is 4.89. The Morgan fingerprint density at radius 2 is 1.71 bits per heavy atom. The molecule has 0 spiro atoms. The molecule has 4 heteroatoms. The van der Waals surface area contributed by atoms with Gasteiger partial charge in [-0.3, -0.25) is 4.99 Å². The monoisotopic (exact) mass is 318 g/mol. The first kappa shape index (κ1) is 15.9. The van der Waals surface area contributed by atoms with Crippen molar-refractivity contribution in [2.24, 2.45) is 10.7 Å². The molecule has 0 aliphatic carbocycles. The number of hydrogen-bond donors (Lipinski definition) is 1. The zero-order chi connectivity index (χ0) is 15.1. The Morgan fingerprint density at radius 1 is 1.10 bits per heavy atom. The molecule has 0 amide bonds. The van der Waals surface area contributed by atoms with Crippen LogP contribution in [-0.4, -0.2) is 11.7 Å². The molecule has 1 atom stereocenters. The number of nitrogens with two attached hydrogens (primary N) is 1. The zero-order valence-electron chi connectivity index (χ0n) is 12.0. The average Bonchev–Trinajstić information content (AvgIpc) is 2.52. The fourth-order valence-corrected chi connectivity index (χ4v) is 3.09. The maximum atomic E-state index is 6.05. The van der Waals surface area contributed by atoms with Crippen molar-refractivity contribution < 1.29 is 0 Å². The normalized spacial score (nSPS) is 13.1. The molecule has 2 N–H and O–H groups in total. The number of hydrogen-bond acceptors (Lipinski definition) is 2. The molecule has 0 aromatic heterocycles. The lowest BCUT2D eigenvalue weighted by atomic mass is 10.0. The van der Waals surface area contributed by atoms with Crippen LogP contribution in [0.4, 0.5) is 0 Å². The van der Waals surface area contributed by atoms with E-state index in [2.05, 4.69) is 24.0 Å². The lowest BCUT2D eigenvalue weighted by Crippen LogP contribution is -2.11. The standard InChI is InChI=1S/C17H19ClN2S/c1-2-12-20-17(19)21-16(13-6-4-3-5-7-13)14-8-10-15(18)11-9-14/h3-11,16H,2,12H2,1H3,(H2,19,20)/t16-/m1/s1. The lowest BCUT2D eigenvalue weighted by molar-refractivity contribution is 0.933. The zero-order valence-corrected chi connectivity index (χ0v) is 13.6. The number of nitrogens with zero attached hydrogens (tertiary/aromatic N) is 1. The number of amidine groups is 1. The van der Waals surface area contributed by atoms with Gasteiger partial charge in [0.1, 0.15) is 0 Å². The Morgan fingerprint density at radius 3 is 2.33 bits per heavy atom. The highest BCUT2D eigenvalue weighted by Gasteiger charge is 2.16. The summed E-state index contributed by atoms with van der Waals surface area (Å²) < 4.78 is 0. The van der Waals surface area contributed by atoms with Crippen molar-refractivity contribution in [2.45, 2.75) is 18.6 Å². The quantitative estimate of drug-likeness (QED) is 0.630. The van der Waals surface area contributed by atoms with Gasteiger partial charge in [-0.1, -0.05) is 72.8 Å². The van der Waals surface area contributed by atoms with Gasteiger partial charge in [0.15, 0.2) is 5.17 Å². The SMILES string of the molecule is CCCN=C(N)S[C@H](c1ccccc1)c1ccc(Cl)cc1. The largest absolute Gasteiger partial charge is 0.379 e. The van der Waals surface area contributed by atoms with E-state index in [-0.39, 0.29) is 5.25 Å². The van der Waals surface area contributed by atoms with Gasteiger partial charge in [0.25, 0.3) is 0 Å². The molecule has 2 aromatic carbocycles. The summed E-state index contributed by atoms with van der Waals surface area (Å²) >= 11 is 7.56. The summed E-state index contributed by atoms with van der Waals surface area (Å²) in [4.78, 5) is 4.38. The van der Waals surface area contributed by atoms with E-state index in [0.717, 1.165) is 18.0 Å². The third kappa shape index (κ3) is 4.80. The van der Waals surface area contributed by atoms with Gasteiger partial charge in [-0.15, -0.1) is 0 Å². The summed E-state index contributed by atoms with van der Waals surface area (Å²) in [5, 5.41) is 1.49. The molecule has 0 heterocycles. The van der Waals surface area contributed by atoms with Crippen LogP contribution in [0.5, 0.6) is 0 Å². The molecule has 0 bridgehead atoms. The third-order valence-electron chi connectivity index (χ3n) is 3.00. The Bertz CT molecular complexity index is 581. The summed E-state index contributed by atoms with van der Waals surface area (Å²) in [7, 11) is 0. The minimum Gasteiger partial charge on any atom is -0.379 e. The molecule has 0 radical (unpaired) electrons. The Hall–Kier alpha value is -1.45. The Labute approximate surface area is 135 Å².